The van der Waals surface area contributed by atoms with Gasteiger partial charge in [0.25, 0.3) is 0 Å². The first-order chi connectivity index (χ1) is 12.6. The minimum absolute atomic E-state index is 0. The van der Waals surface area contributed by atoms with Gasteiger partial charge < -0.3 is 10.6 Å². The maximum Gasteiger partial charge on any atom is 0.243 e. The third-order valence-electron chi connectivity index (χ3n) is 4.63. The SMILES string of the molecule is CCCCCNC(=NC)NCc1ccc(S(=O)(=O)N2CCCCC2)cc1.I. The van der Waals surface area contributed by atoms with Crippen LogP contribution in [0.15, 0.2) is 34.2 Å². The lowest BCUT2D eigenvalue weighted by Gasteiger charge is -2.25. The molecule has 6 nitrogen and oxygen atoms in total. The van der Waals surface area contributed by atoms with E-state index in [1.165, 1.54) is 12.8 Å². The minimum atomic E-state index is -3.36. The van der Waals surface area contributed by atoms with Crippen LogP contribution in [0.25, 0.3) is 0 Å². The summed E-state index contributed by atoms with van der Waals surface area (Å²) in [5, 5.41) is 6.55. The van der Waals surface area contributed by atoms with Crippen LogP contribution in [0.4, 0.5) is 0 Å². The third-order valence-corrected chi connectivity index (χ3v) is 6.55. The number of piperidine rings is 1. The zero-order valence-corrected chi connectivity index (χ0v) is 19.6. The number of sulfonamides is 1. The number of hydrogen-bond donors (Lipinski definition) is 2. The summed E-state index contributed by atoms with van der Waals surface area (Å²) in [6.07, 6.45) is 6.54. The highest BCUT2D eigenvalue weighted by Crippen LogP contribution is 2.20. The summed E-state index contributed by atoms with van der Waals surface area (Å²) in [6, 6.07) is 7.15. The Balaban J connectivity index is 0.00000364. The van der Waals surface area contributed by atoms with Crippen LogP contribution in [0.5, 0.6) is 0 Å². The molecule has 1 aromatic carbocycles. The van der Waals surface area contributed by atoms with Gasteiger partial charge in [0.15, 0.2) is 5.96 Å². The molecule has 0 spiro atoms. The van der Waals surface area contributed by atoms with Gasteiger partial charge in [-0.05, 0) is 37.0 Å². The number of guanidine groups is 1. The molecule has 1 aliphatic rings. The average molecular weight is 508 g/mol. The molecule has 0 amide bonds. The lowest BCUT2D eigenvalue weighted by Crippen LogP contribution is -2.37. The van der Waals surface area contributed by atoms with Gasteiger partial charge in [-0.3, -0.25) is 4.99 Å². The van der Waals surface area contributed by atoms with Crippen molar-refractivity contribution < 1.29 is 8.42 Å². The number of aliphatic imine (C=N–C) groups is 1. The first kappa shape index (κ1) is 24.2. The molecular weight excluding hydrogens is 475 g/mol. The van der Waals surface area contributed by atoms with E-state index in [0.29, 0.717) is 24.5 Å². The predicted molar refractivity (Wildman–Crippen MR) is 122 cm³/mol. The normalized spacial score (nSPS) is 15.9. The lowest BCUT2D eigenvalue weighted by atomic mass is 10.2. The number of rotatable bonds is 8. The molecule has 0 aromatic heterocycles. The summed E-state index contributed by atoms with van der Waals surface area (Å²) in [6.45, 7) is 4.96. The van der Waals surface area contributed by atoms with Gasteiger partial charge in [0.05, 0.1) is 4.90 Å². The van der Waals surface area contributed by atoms with Crippen molar-refractivity contribution in [3.05, 3.63) is 29.8 Å². The molecule has 1 aromatic rings. The maximum atomic E-state index is 12.7. The molecule has 8 heteroatoms. The first-order valence-electron chi connectivity index (χ1n) is 9.61. The van der Waals surface area contributed by atoms with Crippen LogP contribution in [-0.2, 0) is 16.6 Å². The lowest BCUT2D eigenvalue weighted by molar-refractivity contribution is 0.346. The number of nitrogens with one attached hydrogen (secondary N) is 2. The molecule has 2 rings (SSSR count). The molecule has 2 N–H and O–H groups in total. The van der Waals surface area contributed by atoms with Crippen molar-refractivity contribution >= 4 is 40.0 Å². The summed E-state index contributed by atoms with van der Waals surface area (Å²) in [7, 11) is -1.60. The van der Waals surface area contributed by atoms with E-state index in [2.05, 4.69) is 22.5 Å². The molecule has 154 valence electrons. The largest absolute Gasteiger partial charge is 0.356 e. The van der Waals surface area contributed by atoms with Crippen LogP contribution in [0.2, 0.25) is 0 Å². The average Bonchev–Trinajstić information content (AvgIpc) is 2.68. The Kier molecular flexibility index (Phi) is 11.2. The number of halogens is 1. The Morgan fingerprint density at radius 2 is 1.74 bits per heavy atom. The molecule has 27 heavy (non-hydrogen) atoms. The van der Waals surface area contributed by atoms with E-state index >= 15 is 0 Å². The molecular formula is C19H33IN4O2S. The highest BCUT2D eigenvalue weighted by atomic mass is 127. The highest BCUT2D eigenvalue weighted by molar-refractivity contribution is 14.0. The maximum absolute atomic E-state index is 12.7. The molecule has 0 radical (unpaired) electrons. The van der Waals surface area contributed by atoms with Gasteiger partial charge in [-0.1, -0.05) is 38.3 Å². The second kappa shape index (κ2) is 12.6. The van der Waals surface area contributed by atoms with Crippen LogP contribution >= 0.6 is 24.0 Å². The van der Waals surface area contributed by atoms with Crippen LogP contribution < -0.4 is 10.6 Å². The molecule has 0 aliphatic carbocycles. The van der Waals surface area contributed by atoms with E-state index in [1.54, 1.807) is 23.5 Å². The summed E-state index contributed by atoms with van der Waals surface area (Å²) in [5.74, 6) is 0.770. The quantitative estimate of drug-likeness (QED) is 0.245. The molecule has 0 atom stereocenters. The molecule has 1 saturated heterocycles. The molecule has 1 heterocycles. The zero-order chi connectivity index (χ0) is 18.8. The van der Waals surface area contributed by atoms with Crippen LogP contribution in [0, 0.1) is 0 Å². The summed E-state index contributed by atoms with van der Waals surface area (Å²) in [4.78, 5) is 4.59. The Labute approximate surface area is 181 Å². The monoisotopic (exact) mass is 508 g/mol. The Hall–Kier alpha value is -0.870. The third kappa shape index (κ3) is 7.57. The van der Waals surface area contributed by atoms with Gasteiger partial charge in [-0.15, -0.1) is 24.0 Å². The predicted octanol–water partition coefficient (Wildman–Crippen LogP) is 3.33. The van der Waals surface area contributed by atoms with Crippen LogP contribution in [-0.4, -0.2) is 45.4 Å². The van der Waals surface area contributed by atoms with E-state index in [1.807, 2.05) is 12.1 Å². The molecule has 1 fully saturated rings. The van der Waals surface area contributed by atoms with Crippen molar-refractivity contribution in [2.45, 2.75) is 56.9 Å². The Bertz CT molecular complexity index is 671. The van der Waals surface area contributed by atoms with Crippen LogP contribution in [0.3, 0.4) is 0 Å². The summed E-state index contributed by atoms with van der Waals surface area (Å²) < 4.78 is 26.9. The van der Waals surface area contributed by atoms with E-state index < -0.39 is 10.0 Å². The highest BCUT2D eigenvalue weighted by Gasteiger charge is 2.25. The Morgan fingerprint density at radius 3 is 2.33 bits per heavy atom. The van der Waals surface area contributed by atoms with Gasteiger partial charge in [0, 0.05) is 33.2 Å². The van der Waals surface area contributed by atoms with Crippen LogP contribution in [0.1, 0.15) is 51.0 Å². The van der Waals surface area contributed by atoms with Gasteiger partial charge in [-0.25, -0.2) is 8.42 Å². The molecule has 1 aliphatic heterocycles. The smallest absolute Gasteiger partial charge is 0.243 e. The number of hydrogen-bond acceptors (Lipinski definition) is 3. The Morgan fingerprint density at radius 1 is 1.07 bits per heavy atom. The zero-order valence-electron chi connectivity index (χ0n) is 16.4. The van der Waals surface area contributed by atoms with Crippen molar-refractivity contribution in [1.82, 2.24) is 14.9 Å². The second-order valence-electron chi connectivity index (χ2n) is 6.67. The summed E-state index contributed by atoms with van der Waals surface area (Å²) >= 11 is 0. The topological polar surface area (TPSA) is 73.8 Å². The van der Waals surface area contributed by atoms with Gasteiger partial charge in [-0.2, -0.15) is 4.31 Å². The molecule has 0 bridgehead atoms. The molecule has 0 saturated carbocycles. The fourth-order valence-corrected chi connectivity index (χ4v) is 4.54. The van der Waals surface area contributed by atoms with E-state index in [4.69, 9.17) is 0 Å². The van der Waals surface area contributed by atoms with Crippen molar-refractivity contribution in [3.63, 3.8) is 0 Å². The fourth-order valence-electron chi connectivity index (χ4n) is 3.02. The van der Waals surface area contributed by atoms with E-state index in [-0.39, 0.29) is 24.0 Å². The van der Waals surface area contributed by atoms with E-state index in [9.17, 15) is 8.42 Å². The fraction of sp³-hybridized carbons (Fsp3) is 0.632. The first-order valence-corrected chi connectivity index (χ1v) is 11.1. The van der Waals surface area contributed by atoms with Crippen molar-refractivity contribution in [1.29, 1.82) is 0 Å². The van der Waals surface area contributed by atoms with Crippen molar-refractivity contribution in [2.75, 3.05) is 26.7 Å². The number of nitrogens with zero attached hydrogens (tertiary/aromatic N) is 2. The minimum Gasteiger partial charge on any atom is -0.356 e. The van der Waals surface area contributed by atoms with Crippen molar-refractivity contribution in [2.24, 2.45) is 4.99 Å². The number of benzene rings is 1. The van der Waals surface area contributed by atoms with Gasteiger partial charge in [0.1, 0.15) is 0 Å². The standard InChI is InChI=1S/C19H32N4O2S.HI/c1-3-4-6-13-21-19(20-2)22-16-17-9-11-18(12-10-17)26(24,25)23-14-7-5-8-15-23;/h9-12H,3-8,13-16H2,1-2H3,(H2,20,21,22);1H. The van der Waals surface area contributed by atoms with Gasteiger partial charge >= 0.3 is 0 Å². The van der Waals surface area contributed by atoms with E-state index in [0.717, 1.165) is 43.8 Å². The van der Waals surface area contributed by atoms with Crippen molar-refractivity contribution in [3.8, 4) is 0 Å². The summed E-state index contributed by atoms with van der Waals surface area (Å²) in [5.41, 5.74) is 1.03. The number of unbranched alkanes of at least 4 members (excludes halogenated alkanes) is 2. The molecule has 0 unspecified atom stereocenters. The van der Waals surface area contributed by atoms with Gasteiger partial charge in [0.2, 0.25) is 10.0 Å². The second-order valence-corrected chi connectivity index (χ2v) is 8.61.